The Morgan fingerprint density at radius 2 is 1.96 bits per heavy atom. The summed E-state index contributed by atoms with van der Waals surface area (Å²) in [6.45, 7) is 7.37. The van der Waals surface area contributed by atoms with Crippen molar-refractivity contribution in [2.45, 2.75) is 45.1 Å². The lowest BCUT2D eigenvalue weighted by atomic mass is 9.97. The van der Waals surface area contributed by atoms with Crippen LogP contribution in [-0.4, -0.2) is 43.3 Å². The van der Waals surface area contributed by atoms with Crippen molar-refractivity contribution in [2.75, 3.05) is 26.2 Å². The number of benzene rings is 1. The fourth-order valence-corrected chi connectivity index (χ4v) is 3.46. The Hall–Kier alpha value is -1.55. The van der Waals surface area contributed by atoms with E-state index in [4.69, 9.17) is 4.74 Å². The van der Waals surface area contributed by atoms with Gasteiger partial charge in [-0.05, 0) is 43.2 Å². The quantitative estimate of drug-likeness (QED) is 0.866. The molecule has 0 aromatic heterocycles. The number of likely N-dealkylation sites (tertiary alicyclic amines) is 1. The van der Waals surface area contributed by atoms with Gasteiger partial charge in [-0.2, -0.15) is 0 Å². The third-order valence-corrected chi connectivity index (χ3v) is 5.10. The van der Waals surface area contributed by atoms with Crippen molar-refractivity contribution in [2.24, 2.45) is 11.8 Å². The molecule has 1 N–H and O–H groups in total. The Labute approximate surface area is 145 Å². The van der Waals surface area contributed by atoms with Gasteiger partial charge < -0.3 is 15.0 Å². The lowest BCUT2D eigenvalue weighted by Crippen LogP contribution is -2.41. The third-order valence-electron chi connectivity index (χ3n) is 5.10. The highest BCUT2D eigenvalue weighted by Crippen LogP contribution is 2.40. The second kappa shape index (κ2) is 8.02. The summed E-state index contributed by atoms with van der Waals surface area (Å²) >= 11 is 0. The van der Waals surface area contributed by atoms with Gasteiger partial charge in [0.05, 0.1) is 6.61 Å². The molecule has 3 rings (SSSR count). The summed E-state index contributed by atoms with van der Waals surface area (Å²) in [7, 11) is 0. The number of nitrogens with zero attached hydrogens (tertiary/aromatic N) is 1. The minimum Gasteiger partial charge on any atom is -0.449 e. The second-order valence-electron chi connectivity index (χ2n) is 7.67. The van der Waals surface area contributed by atoms with Crippen LogP contribution in [0.1, 0.15) is 44.6 Å². The molecule has 1 aliphatic heterocycles. The monoisotopic (exact) mass is 330 g/mol. The van der Waals surface area contributed by atoms with Crippen molar-refractivity contribution in [3.63, 3.8) is 0 Å². The fraction of sp³-hybridized carbons (Fsp3) is 0.650. The van der Waals surface area contributed by atoms with E-state index in [0.29, 0.717) is 30.4 Å². The lowest BCUT2D eigenvalue weighted by molar-refractivity contribution is 0.0789. The van der Waals surface area contributed by atoms with E-state index in [1.54, 1.807) is 0 Å². The van der Waals surface area contributed by atoms with Gasteiger partial charge in [-0.15, -0.1) is 0 Å². The number of piperidine rings is 1. The van der Waals surface area contributed by atoms with Crippen LogP contribution in [0, 0.1) is 11.8 Å². The average Bonchev–Trinajstić information content (AvgIpc) is 3.39. The average molecular weight is 330 g/mol. The van der Waals surface area contributed by atoms with Crippen LogP contribution in [0.4, 0.5) is 4.79 Å². The standard InChI is InChI=1S/C20H30N2O2/c1-15(2)14-24-20(23)22-10-8-16(9-11-22)13-21-19-12-18(19)17-6-4-3-5-7-17/h3-7,15-16,18-19,21H,8-14H2,1-2H3/t18-,19+/m0/s1. The second-order valence-corrected chi connectivity index (χ2v) is 7.67. The lowest BCUT2D eigenvalue weighted by Gasteiger charge is -2.31. The van der Waals surface area contributed by atoms with Gasteiger partial charge in [-0.1, -0.05) is 44.2 Å². The van der Waals surface area contributed by atoms with E-state index in [1.165, 1.54) is 12.0 Å². The molecule has 24 heavy (non-hydrogen) atoms. The van der Waals surface area contributed by atoms with E-state index < -0.39 is 0 Å². The highest BCUT2D eigenvalue weighted by atomic mass is 16.6. The number of hydrogen-bond acceptors (Lipinski definition) is 3. The normalized spacial score (nSPS) is 24.2. The number of hydrogen-bond donors (Lipinski definition) is 1. The molecule has 1 aliphatic carbocycles. The van der Waals surface area contributed by atoms with E-state index in [9.17, 15) is 4.79 Å². The number of nitrogens with one attached hydrogen (secondary N) is 1. The number of ether oxygens (including phenoxy) is 1. The van der Waals surface area contributed by atoms with Gasteiger partial charge >= 0.3 is 6.09 Å². The summed E-state index contributed by atoms with van der Waals surface area (Å²) in [6, 6.07) is 11.4. The zero-order chi connectivity index (χ0) is 16.9. The van der Waals surface area contributed by atoms with Crippen LogP contribution in [-0.2, 0) is 4.74 Å². The minimum absolute atomic E-state index is 0.138. The third kappa shape index (κ3) is 4.73. The van der Waals surface area contributed by atoms with Crippen LogP contribution < -0.4 is 5.32 Å². The van der Waals surface area contributed by atoms with Crippen molar-refractivity contribution in [3.8, 4) is 0 Å². The molecule has 4 heteroatoms. The number of amides is 1. The predicted octanol–water partition coefficient (Wildman–Crippen LogP) is 3.64. The summed E-state index contributed by atoms with van der Waals surface area (Å²) in [5.74, 6) is 1.76. The summed E-state index contributed by atoms with van der Waals surface area (Å²) in [6.07, 6.45) is 3.27. The molecule has 2 fully saturated rings. The Balaban J connectivity index is 1.33. The van der Waals surface area contributed by atoms with Crippen molar-refractivity contribution in [1.29, 1.82) is 0 Å². The Morgan fingerprint density at radius 1 is 1.25 bits per heavy atom. The van der Waals surface area contributed by atoms with Gasteiger partial charge in [0.1, 0.15) is 0 Å². The largest absolute Gasteiger partial charge is 0.449 e. The molecule has 2 atom stereocenters. The molecule has 2 aliphatic rings. The molecular weight excluding hydrogens is 300 g/mol. The molecule has 0 bridgehead atoms. The van der Waals surface area contributed by atoms with Gasteiger partial charge in [0.15, 0.2) is 0 Å². The first-order valence-electron chi connectivity index (χ1n) is 9.33. The van der Waals surface area contributed by atoms with Gasteiger partial charge in [0.25, 0.3) is 0 Å². The molecular formula is C20H30N2O2. The maximum Gasteiger partial charge on any atom is 0.409 e. The number of carbonyl (C=O) groups is 1. The zero-order valence-electron chi connectivity index (χ0n) is 14.9. The van der Waals surface area contributed by atoms with Gasteiger partial charge in [0, 0.05) is 25.0 Å². The number of rotatable bonds is 6. The molecule has 0 spiro atoms. The molecule has 1 saturated heterocycles. The molecule has 4 nitrogen and oxygen atoms in total. The fourth-order valence-electron chi connectivity index (χ4n) is 3.46. The first kappa shape index (κ1) is 17.3. The first-order valence-corrected chi connectivity index (χ1v) is 9.33. The first-order chi connectivity index (χ1) is 11.6. The van der Waals surface area contributed by atoms with Crippen molar-refractivity contribution >= 4 is 6.09 Å². The van der Waals surface area contributed by atoms with Gasteiger partial charge in [-0.25, -0.2) is 4.79 Å². The molecule has 1 amide bonds. The van der Waals surface area contributed by atoms with Crippen molar-refractivity contribution in [1.82, 2.24) is 10.2 Å². The molecule has 1 aromatic carbocycles. The van der Waals surface area contributed by atoms with Crippen LogP contribution in [0.5, 0.6) is 0 Å². The molecule has 132 valence electrons. The van der Waals surface area contributed by atoms with Gasteiger partial charge in [0.2, 0.25) is 0 Å². The molecule has 1 saturated carbocycles. The van der Waals surface area contributed by atoms with Gasteiger partial charge in [-0.3, -0.25) is 0 Å². The van der Waals surface area contributed by atoms with E-state index in [2.05, 4.69) is 49.5 Å². The SMILES string of the molecule is CC(C)COC(=O)N1CCC(CN[C@@H]2C[C@H]2c2ccccc2)CC1. The Morgan fingerprint density at radius 3 is 2.62 bits per heavy atom. The smallest absolute Gasteiger partial charge is 0.409 e. The summed E-state index contributed by atoms with van der Waals surface area (Å²) in [5, 5.41) is 3.72. The molecule has 0 unspecified atom stereocenters. The van der Waals surface area contributed by atoms with Crippen molar-refractivity contribution in [3.05, 3.63) is 35.9 Å². The van der Waals surface area contributed by atoms with Crippen molar-refractivity contribution < 1.29 is 9.53 Å². The highest BCUT2D eigenvalue weighted by Gasteiger charge is 2.38. The molecule has 1 heterocycles. The maximum atomic E-state index is 12.0. The summed E-state index contributed by atoms with van der Waals surface area (Å²) < 4.78 is 5.32. The molecule has 0 radical (unpaired) electrons. The summed E-state index contributed by atoms with van der Waals surface area (Å²) in [5.41, 5.74) is 1.46. The van der Waals surface area contributed by atoms with Crippen LogP contribution in [0.2, 0.25) is 0 Å². The highest BCUT2D eigenvalue weighted by molar-refractivity contribution is 5.67. The van der Waals surface area contributed by atoms with E-state index in [0.717, 1.165) is 32.5 Å². The number of carbonyl (C=O) groups excluding carboxylic acids is 1. The van der Waals surface area contributed by atoms with E-state index >= 15 is 0 Å². The van der Waals surface area contributed by atoms with Crippen LogP contribution in [0.15, 0.2) is 30.3 Å². The Bertz CT molecular complexity index is 524. The van der Waals surface area contributed by atoms with Crippen LogP contribution >= 0.6 is 0 Å². The van der Waals surface area contributed by atoms with E-state index in [1.807, 2.05) is 4.90 Å². The predicted molar refractivity (Wildman–Crippen MR) is 96.1 cm³/mol. The Kier molecular flexibility index (Phi) is 5.77. The van der Waals surface area contributed by atoms with Crippen LogP contribution in [0.3, 0.4) is 0 Å². The van der Waals surface area contributed by atoms with E-state index in [-0.39, 0.29) is 6.09 Å². The molecule has 1 aromatic rings. The zero-order valence-corrected chi connectivity index (χ0v) is 14.9. The minimum atomic E-state index is -0.138. The summed E-state index contributed by atoms with van der Waals surface area (Å²) in [4.78, 5) is 13.8. The van der Waals surface area contributed by atoms with Crippen LogP contribution in [0.25, 0.3) is 0 Å². The maximum absolute atomic E-state index is 12.0. The topological polar surface area (TPSA) is 41.6 Å².